The predicted molar refractivity (Wildman–Crippen MR) is 112 cm³/mol. The third-order valence-electron chi connectivity index (χ3n) is 4.26. The number of aromatic nitrogens is 1. The fourth-order valence-corrected chi connectivity index (χ4v) is 3.90. The monoisotopic (exact) mass is 357 g/mol. The van der Waals surface area contributed by atoms with Crippen LogP contribution in [0.1, 0.15) is 16.7 Å². The van der Waals surface area contributed by atoms with Crippen LogP contribution >= 0.6 is 11.3 Å². The van der Waals surface area contributed by atoms with Gasteiger partial charge in [0.15, 0.2) is 0 Å². The van der Waals surface area contributed by atoms with Gasteiger partial charge in [-0.2, -0.15) is 0 Å². The largest absolute Gasteiger partial charge is 0.497 e. The summed E-state index contributed by atoms with van der Waals surface area (Å²) in [5, 5.41) is 1.06. The lowest BCUT2D eigenvalue weighted by molar-refractivity contribution is 0.414. The van der Waals surface area contributed by atoms with Gasteiger partial charge in [-0.15, -0.1) is 11.3 Å². The van der Waals surface area contributed by atoms with Gasteiger partial charge in [0, 0.05) is 5.56 Å². The molecule has 0 spiro atoms. The molecule has 0 N–H and O–H groups in total. The summed E-state index contributed by atoms with van der Waals surface area (Å²) in [4.78, 5) is 4.75. The van der Waals surface area contributed by atoms with Gasteiger partial charge in [-0.25, -0.2) is 4.98 Å². The molecule has 1 aromatic heterocycles. The smallest absolute Gasteiger partial charge is 0.124 e. The van der Waals surface area contributed by atoms with Crippen LogP contribution in [0, 0.1) is 6.92 Å². The van der Waals surface area contributed by atoms with Crippen LogP contribution in [-0.4, -0.2) is 12.1 Å². The fraction of sp³-hybridized carbons (Fsp3) is 0.0870. The molecule has 128 valence electrons. The van der Waals surface area contributed by atoms with E-state index in [4.69, 9.17) is 9.72 Å². The lowest BCUT2D eigenvalue weighted by atomic mass is 10.1. The number of fused-ring (bicyclic) bond motifs is 1. The van der Waals surface area contributed by atoms with Gasteiger partial charge in [-0.1, -0.05) is 54.6 Å². The lowest BCUT2D eigenvalue weighted by Gasteiger charge is -2.00. The lowest BCUT2D eigenvalue weighted by Crippen LogP contribution is -1.82. The number of rotatable bonds is 4. The molecular formula is C23H19NOS. The number of aryl methyl sites for hydroxylation is 1. The second-order valence-electron chi connectivity index (χ2n) is 6.22. The first-order chi connectivity index (χ1) is 12.7. The van der Waals surface area contributed by atoms with Gasteiger partial charge in [0.2, 0.25) is 0 Å². The van der Waals surface area contributed by atoms with Gasteiger partial charge in [-0.3, -0.25) is 0 Å². The molecule has 0 saturated heterocycles. The van der Waals surface area contributed by atoms with E-state index in [1.165, 1.54) is 10.3 Å². The van der Waals surface area contributed by atoms with E-state index >= 15 is 0 Å². The molecule has 0 radical (unpaired) electrons. The summed E-state index contributed by atoms with van der Waals surface area (Å²) in [6.45, 7) is 2.11. The number of hydrogen-bond acceptors (Lipinski definition) is 3. The van der Waals surface area contributed by atoms with E-state index < -0.39 is 0 Å². The van der Waals surface area contributed by atoms with Crippen LogP contribution in [0.4, 0.5) is 0 Å². The topological polar surface area (TPSA) is 22.1 Å². The van der Waals surface area contributed by atoms with Crippen molar-refractivity contribution in [1.82, 2.24) is 4.98 Å². The Labute approximate surface area is 157 Å². The molecular weight excluding hydrogens is 338 g/mol. The predicted octanol–water partition coefficient (Wildman–Crippen LogP) is 6.45. The molecule has 0 amide bonds. The first-order valence-corrected chi connectivity index (χ1v) is 9.33. The zero-order chi connectivity index (χ0) is 17.9. The molecule has 0 aliphatic heterocycles. The van der Waals surface area contributed by atoms with E-state index in [9.17, 15) is 0 Å². The molecule has 0 fully saturated rings. The molecule has 0 atom stereocenters. The number of hydrogen-bond donors (Lipinski definition) is 0. The molecule has 3 aromatic carbocycles. The summed E-state index contributed by atoms with van der Waals surface area (Å²) in [7, 11) is 1.69. The second kappa shape index (κ2) is 7.14. The van der Waals surface area contributed by atoms with Crippen molar-refractivity contribution < 1.29 is 4.74 Å². The highest BCUT2D eigenvalue weighted by atomic mass is 32.1. The van der Waals surface area contributed by atoms with E-state index in [-0.39, 0.29) is 0 Å². The summed E-state index contributed by atoms with van der Waals surface area (Å²) in [6, 6.07) is 23.0. The van der Waals surface area contributed by atoms with Crippen molar-refractivity contribution in [3.8, 4) is 16.3 Å². The summed E-state index contributed by atoms with van der Waals surface area (Å²) in [5.74, 6) is 0.869. The minimum absolute atomic E-state index is 0.869. The summed E-state index contributed by atoms with van der Waals surface area (Å²) in [6.07, 6.45) is 4.21. The zero-order valence-electron chi connectivity index (χ0n) is 14.8. The van der Waals surface area contributed by atoms with Gasteiger partial charge in [0.25, 0.3) is 0 Å². The maximum absolute atomic E-state index is 5.26. The minimum Gasteiger partial charge on any atom is -0.497 e. The Kier molecular flexibility index (Phi) is 4.55. The van der Waals surface area contributed by atoms with Gasteiger partial charge in [0.05, 0.1) is 17.3 Å². The van der Waals surface area contributed by atoms with Crippen molar-refractivity contribution >= 4 is 33.7 Å². The molecule has 1 heterocycles. The van der Waals surface area contributed by atoms with Gasteiger partial charge in [-0.05, 0) is 47.9 Å². The average Bonchev–Trinajstić information content (AvgIpc) is 3.10. The highest BCUT2D eigenvalue weighted by Gasteiger charge is 2.06. The molecule has 4 aromatic rings. The van der Waals surface area contributed by atoms with Gasteiger partial charge >= 0.3 is 0 Å². The van der Waals surface area contributed by atoms with Crippen LogP contribution in [-0.2, 0) is 0 Å². The summed E-state index contributed by atoms with van der Waals surface area (Å²) < 4.78 is 6.50. The minimum atomic E-state index is 0.869. The number of benzene rings is 3. The van der Waals surface area contributed by atoms with Crippen molar-refractivity contribution in [1.29, 1.82) is 0 Å². The molecule has 2 nitrogen and oxygen atoms in total. The third-order valence-corrected chi connectivity index (χ3v) is 5.33. The number of ether oxygens (including phenoxy) is 1. The molecule has 0 aliphatic carbocycles. The number of methoxy groups -OCH3 is 1. The Balaban J connectivity index is 1.56. The van der Waals surface area contributed by atoms with Crippen LogP contribution in [0.25, 0.3) is 32.9 Å². The van der Waals surface area contributed by atoms with Crippen LogP contribution < -0.4 is 4.74 Å². The highest BCUT2D eigenvalue weighted by Crippen LogP contribution is 2.31. The van der Waals surface area contributed by atoms with Crippen molar-refractivity contribution in [2.75, 3.05) is 7.11 Å². The third kappa shape index (κ3) is 3.53. The second-order valence-corrected chi connectivity index (χ2v) is 7.25. The molecule has 0 aliphatic rings. The standard InChI is InChI=1S/C23H19NOS/c1-16-6-13-21-22(14-16)26-23(24-21)19-11-9-17(10-12-19)7-8-18-4-3-5-20(15-18)25-2/h3-15H,1-2H3/b8-7+. The number of nitrogens with zero attached hydrogens (tertiary/aromatic N) is 1. The van der Waals surface area contributed by atoms with Gasteiger partial charge < -0.3 is 4.74 Å². The Hall–Kier alpha value is -2.91. The first kappa shape index (κ1) is 16.6. The maximum atomic E-state index is 5.26. The average molecular weight is 357 g/mol. The molecule has 3 heteroatoms. The van der Waals surface area contributed by atoms with Crippen LogP contribution in [0.5, 0.6) is 5.75 Å². The van der Waals surface area contributed by atoms with Crippen molar-refractivity contribution in [3.63, 3.8) is 0 Å². The molecule has 0 unspecified atom stereocenters. The summed E-state index contributed by atoms with van der Waals surface area (Å²) >= 11 is 1.74. The van der Waals surface area contributed by atoms with Crippen molar-refractivity contribution in [2.45, 2.75) is 6.92 Å². The maximum Gasteiger partial charge on any atom is 0.124 e. The first-order valence-electron chi connectivity index (χ1n) is 8.51. The Morgan fingerprint density at radius 2 is 1.69 bits per heavy atom. The molecule has 26 heavy (non-hydrogen) atoms. The van der Waals surface area contributed by atoms with Gasteiger partial charge in [0.1, 0.15) is 10.8 Å². The SMILES string of the molecule is COc1cccc(/C=C/c2ccc(-c3nc4ccc(C)cc4s3)cc2)c1. The quantitative estimate of drug-likeness (QED) is 0.392. The van der Waals surface area contributed by atoms with Crippen LogP contribution in [0.3, 0.4) is 0 Å². The normalized spacial score (nSPS) is 11.3. The molecule has 0 saturated carbocycles. The zero-order valence-corrected chi connectivity index (χ0v) is 15.6. The van der Waals surface area contributed by atoms with E-state index in [2.05, 4.69) is 67.6 Å². The van der Waals surface area contributed by atoms with Crippen LogP contribution in [0.2, 0.25) is 0 Å². The highest BCUT2D eigenvalue weighted by molar-refractivity contribution is 7.21. The van der Waals surface area contributed by atoms with E-state index in [1.54, 1.807) is 18.4 Å². The van der Waals surface area contributed by atoms with Crippen LogP contribution in [0.15, 0.2) is 66.7 Å². The Morgan fingerprint density at radius 3 is 2.50 bits per heavy atom. The fourth-order valence-electron chi connectivity index (χ4n) is 2.83. The van der Waals surface area contributed by atoms with E-state index in [1.807, 2.05) is 18.2 Å². The van der Waals surface area contributed by atoms with Crippen molar-refractivity contribution in [3.05, 3.63) is 83.4 Å². The Bertz CT molecular complexity index is 1080. The number of thiazole rings is 1. The summed E-state index contributed by atoms with van der Waals surface area (Å²) in [5.41, 5.74) is 5.77. The molecule has 4 rings (SSSR count). The van der Waals surface area contributed by atoms with Crippen molar-refractivity contribution in [2.24, 2.45) is 0 Å². The van der Waals surface area contributed by atoms with E-state index in [0.717, 1.165) is 33.0 Å². The van der Waals surface area contributed by atoms with E-state index in [0.29, 0.717) is 0 Å². The Morgan fingerprint density at radius 1 is 0.885 bits per heavy atom. The molecule has 0 bridgehead atoms.